The van der Waals surface area contributed by atoms with E-state index in [9.17, 15) is 8.42 Å². The van der Waals surface area contributed by atoms with Crippen molar-refractivity contribution in [3.63, 3.8) is 0 Å². The first kappa shape index (κ1) is 15.9. The minimum Gasteiger partial charge on any atom is -0.308 e. The largest absolute Gasteiger partial charge is 0.308 e. The Kier molecular flexibility index (Phi) is 4.54. The van der Waals surface area contributed by atoms with Crippen LogP contribution in [0.25, 0.3) is 0 Å². The van der Waals surface area contributed by atoms with Gasteiger partial charge in [-0.2, -0.15) is 4.31 Å². The van der Waals surface area contributed by atoms with Crippen LogP contribution in [0.5, 0.6) is 0 Å². The van der Waals surface area contributed by atoms with Crippen LogP contribution in [0.1, 0.15) is 27.7 Å². The van der Waals surface area contributed by atoms with Gasteiger partial charge in [-0.15, -0.1) is 0 Å². The summed E-state index contributed by atoms with van der Waals surface area (Å²) in [5.74, 6) is 5.56. The topological polar surface area (TPSA) is 88.3 Å². The fourth-order valence-electron chi connectivity index (χ4n) is 1.57. The lowest BCUT2D eigenvalue weighted by atomic mass is 9.88. The van der Waals surface area contributed by atoms with Gasteiger partial charge >= 0.3 is 0 Å². The van der Waals surface area contributed by atoms with Crippen LogP contribution in [0.4, 0.5) is 5.82 Å². The van der Waals surface area contributed by atoms with Gasteiger partial charge in [-0.3, -0.25) is 0 Å². The summed E-state index contributed by atoms with van der Waals surface area (Å²) in [5.41, 5.74) is 2.19. The van der Waals surface area contributed by atoms with Crippen LogP contribution in [0.3, 0.4) is 0 Å². The van der Waals surface area contributed by atoms with Crippen LogP contribution < -0.4 is 11.3 Å². The molecule has 0 aliphatic rings. The second-order valence-electron chi connectivity index (χ2n) is 5.58. The summed E-state index contributed by atoms with van der Waals surface area (Å²) in [6.07, 6.45) is 1.41. The van der Waals surface area contributed by atoms with Gasteiger partial charge in [0.1, 0.15) is 5.82 Å². The van der Waals surface area contributed by atoms with Crippen LogP contribution in [-0.2, 0) is 10.0 Å². The third-order valence-electron chi connectivity index (χ3n) is 3.36. The molecular weight excluding hydrogens is 264 g/mol. The van der Waals surface area contributed by atoms with Crippen molar-refractivity contribution in [3.05, 3.63) is 18.3 Å². The number of nitrogens with two attached hydrogens (primary N) is 1. The van der Waals surface area contributed by atoms with E-state index in [0.717, 1.165) is 0 Å². The molecule has 3 N–H and O–H groups in total. The van der Waals surface area contributed by atoms with Crippen LogP contribution in [0.2, 0.25) is 0 Å². The molecule has 1 rings (SSSR count). The minimum atomic E-state index is -3.56. The molecule has 6 nitrogen and oxygen atoms in total. The number of hydrazine groups is 1. The third-order valence-corrected chi connectivity index (χ3v) is 5.28. The SMILES string of the molecule is CC(N(C)S(=O)(=O)c1ccnc(NN)c1)C(C)(C)C. The van der Waals surface area contributed by atoms with Crippen molar-refractivity contribution in [1.82, 2.24) is 9.29 Å². The van der Waals surface area contributed by atoms with Crippen LogP contribution in [0, 0.1) is 5.41 Å². The average Bonchev–Trinajstić information content (AvgIpc) is 2.35. The maximum absolute atomic E-state index is 12.5. The average molecular weight is 286 g/mol. The van der Waals surface area contributed by atoms with Crippen LogP contribution >= 0.6 is 0 Å². The van der Waals surface area contributed by atoms with Crippen molar-refractivity contribution in [3.8, 4) is 0 Å². The summed E-state index contributed by atoms with van der Waals surface area (Å²) < 4.78 is 26.4. The lowest BCUT2D eigenvalue weighted by Crippen LogP contribution is -2.42. The maximum Gasteiger partial charge on any atom is 0.243 e. The molecule has 1 heterocycles. The minimum absolute atomic E-state index is 0.139. The Morgan fingerprint density at radius 1 is 1.42 bits per heavy atom. The zero-order chi connectivity index (χ0) is 14.8. The Bertz CT molecular complexity index is 537. The molecule has 1 unspecified atom stereocenters. The molecule has 0 amide bonds. The van der Waals surface area contributed by atoms with Gasteiger partial charge in [-0.1, -0.05) is 20.8 Å². The summed E-state index contributed by atoms with van der Waals surface area (Å²) in [6.45, 7) is 7.90. The first-order valence-corrected chi connectivity index (χ1v) is 7.45. The van der Waals surface area contributed by atoms with Crippen molar-refractivity contribution < 1.29 is 8.42 Å². The van der Waals surface area contributed by atoms with Gasteiger partial charge in [0.05, 0.1) is 4.90 Å². The highest BCUT2D eigenvalue weighted by molar-refractivity contribution is 7.89. The summed E-state index contributed by atoms with van der Waals surface area (Å²) >= 11 is 0. The number of nitrogens with zero attached hydrogens (tertiary/aromatic N) is 2. The molecule has 0 saturated heterocycles. The molecule has 0 aliphatic carbocycles. The predicted octanol–water partition coefficient (Wildman–Crippen LogP) is 1.42. The molecule has 0 saturated carbocycles. The fourth-order valence-corrected chi connectivity index (χ4v) is 3.13. The molecule has 0 fully saturated rings. The molecule has 0 aliphatic heterocycles. The fraction of sp³-hybridized carbons (Fsp3) is 0.583. The maximum atomic E-state index is 12.5. The van der Waals surface area contributed by atoms with E-state index >= 15 is 0 Å². The normalized spacial score (nSPS) is 14.5. The number of pyridine rings is 1. The second kappa shape index (κ2) is 5.44. The number of hydrogen-bond donors (Lipinski definition) is 2. The van der Waals surface area contributed by atoms with E-state index < -0.39 is 10.0 Å². The molecule has 1 aromatic heterocycles. The van der Waals surface area contributed by atoms with Gasteiger partial charge in [0.25, 0.3) is 0 Å². The summed E-state index contributed by atoms with van der Waals surface area (Å²) in [4.78, 5) is 4.08. The number of aromatic nitrogens is 1. The molecule has 0 bridgehead atoms. The zero-order valence-electron chi connectivity index (χ0n) is 12.0. The van der Waals surface area contributed by atoms with Crippen molar-refractivity contribution in [1.29, 1.82) is 0 Å². The molecule has 1 aromatic rings. The summed E-state index contributed by atoms with van der Waals surface area (Å²) in [7, 11) is -1.97. The number of rotatable bonds is 4. The smallest absolute Gasteiger partial charge is 0.243 e. The first-order chi connectivity index (χ1) is 8.60. The highest BCUT2D eigenvalue weighted by Crippen LogP contribution is 2.27. The summed E-state index contributed by atoms with van der Waals surface area (Å²) in [6, 6.07) is 2.74. The van der Waals surface area contributed by atoms with Gasteiger partial charge in [-0.05, 0) is 18.4 Å². The predicted molar refractivity (Wildman–Crippen MR) is 75.9 cm³/mol. The highest BCUT2D eigenvalue weighted by atomic mass is 32.2. The highest BCUT2D eigenvalue weighted by Gasteiger charge is 2.32. The van der Waals surface area contributed by atoms with E-state index in [1.165, 1.54) is 22.6 Å². The molecule has 7 heteroatoms. The number of nitrogen functional groups attached to an aromatic ring is 1. The molecule has 0 spiro atoms. The zero-order valence-corrected chi connectivity index (χ0v) is 12.8. The van der Waals surface area contributed by atoms with Gasteiger partial charge in [0, 0.05) is 25.4 Å². The Labute approximate surface area is 115 Å². The monoisotopic (exact) mass is 286 g/mol. The van der Waals surface area contributed by atoms with E-state index in [2.05, 4.69) is 10.4 Å². The van der Waals surface area contributed by atoms with Crippen molar-refractivity contribution in [2.75, 3.05) is 12.5 Å². The van der Waals surface area contributed by atoms with Gasteiger partial charge in [0.2, 0.25) is 10.0 Å². The third kappa shape index (κ3) is 3.43. The van der Waals surface area contributed by atoms with Crippen molar-refractivity contribution in [2.45, 2.75) is 38.6 Å². The number of hydrogen-bond acceptors (Lipinski definition) is 5. The van der Waals surface area contributed by atoms with Crippen molar-refractivity contribution in [2.24, 2.45) is 11.3 Å². The molecule has 0 radical (unpaired) electrons. The Hall–Kier alpha value is -1.18. The Morgan fingerprint density at radius 3 is 2.47 bits per heavy atom. The number of nitrogens with one attached hydrogen (secondary N) is 1. The lowest BCUT2D eigenvalue weighted by molar-refractivity contribution is 0.216. The Balaban J connectivity index is 3.16. The van der Waals surface area contributed by atoms with Crippen LogP contribution in [0.15, 0.2) is 23.2 Å². The van der Waals surface area contributed by atoms with Crippen LogP contribution in [-0.4, -0.2) is 30.8 Å². The molecule has 19 heavy (non-hydrogen) atoms. The van der Waals surface area contributed by atoms with E-state index in [1.807, 2.05) is 27.7 Å². The Morgan fingerprint density at radius 2 is 2.00 bits per heavy atom. The number of anilines is 1. The lowest BCUT2D eigenvalue weighted by Gasteiger charge is -2.34. The van der Waals surface area contributed by atoms with E-state index in [4.69, 9.17) is 5.84 Å². The standard InChI is InChI=1S/C12H22N4O2S/c1-9(12(2,3)4)16(5)19(17,18)10-6-7-14-11(8-10)15-13/h6-9H,13H2,1-5H3,(H,14,15). The summed E-state index contributed by atoms with van der Waals surface area (Å²) in [5, 5.41) is 0. The van der Waals surface area contributed by atoms with Crippen molar-refractivity contribution >= 4 is 15.8 Å². The molecule has 1 atom stereocenters. The molecular formula is C12H22N4O2S. The van der Waals surface area contributed by atoms with E-state index in [1.54, 1.807) is 7.05 Å². The van der Waals surface area contributed by atoms with E-state index in [0.29, 0.717) is 5.82 Å². The van der Waals surface area contributed by atoms with Gasteiger partial charge in [-0.25, -0.2) is 19.2 Å². The quantitative estimate of drug-likeness (QED) is 0.645. The van der Waals surface area contributed by atoms with Gasteiger partial charge < -0.3 is 5.43 Å². The first-order valence-electron chi connectivity index (χ1n) is 6.01. The molecule has 108 valence electrons. The van der Waals surface area contributed by atoms with E-state index in [-0.39, 0.29) is 16.4 Å². The second-order valence-corrected chi connectivity index (χ2v) is 7.58. The molecule has 0 aromatic carbocycles. The number of sulfonamides is 1. The van der Waals surface area contributed by atoms with Gasteiger partial charge in [0.15, 0.2) is 0 Å².